The van der Waals surface area contributed by atoms with Gasteiger partial charge in [-0.2, -0.15) is 0 Å². The zero-order valence-corrected chi connectivity index (χ0v) is 12.0. The summed E-state index contributed by atoms with van der Waals surface area (Å²) in [6.07, 6.45) is 0.576. The van der Waals surface area contributed by atoms with Gasteiger partial charge in [-0.25, -0.2) is 17.6 Å². The van der Waals surface area contributed by atoms with Crippen LogP contribution in [0.25, 0.3) is 0 Å². The number of anilines is 1. The van der Waals surface area contributed by atoms with E-state index in [1.54, 1.807) is 12.1 Å². The quantitative estimate of drug-likeness (QED) is 0.487. The minimum Gasteiger partial charge on any atom is -0.322 e. The van der Waals surface area contributed by atoms with Crippen molar-refractivity contribution in [2.24, 2.45) is 0 Å². The molecule has 0 saturated heterocycles. The molecule has 3 nitrogen and oxygen atoms in total. The Morgan fingerprint density at radius 2 is 1.61 bits per heavy atom. The average Bonchev–Trinajstić information content (AvgIpc) is 2.54. The monoisotopic (exact) mass is 326 g/mol. The Morgan fingerprint density at radius 1 is 0.913 bits per heavy atom. The Balaban J connectivity index is 1.77. The maximum atomic E-state index is 13.4. The highest BCUT2D eigenvalue weighted by Crippen LogP contribution is 2.19. The molecule has 122 valence electrons. The van der Waals surface area contributed by atoms with E-state index in [4.69, 9.17) is 0 Å². The smallest absolute Gasteiger partial charge is 0.238 e. The van der Waals surface area contributed by atoms with E-state index in [-0.39, 0.29) is 12.4 Å². The lowest BCUT2D eigenvalue weighted by atomic mass is 10.1. The van der Waals surface area contributed by atoms with Crippen molar-refractivity contribution >= 4 is 11.6 Å². The van der Waals surface area contributed by atoms with Crippen LogP contribution in [0, 0.1) is 23.3 Å². The molecule has 0 spiro atoms. The van der Waals surface area contributed by atoms with E-state index in [0.717, 1.165) is 17.7 Å². The summed E-state index contributed by atoms with van der Waals surface area (Å²) in [6.45, 7) is 0.318. The highest BCUT2D eigenvalue weighted by atomic mass is 19.2. The summed E-state index contributed by atoms with van der Waals surface area (Å²) in [5, 5.41) is 4.97. The van der Waals surface area contributed by atoms with E-state index in [1.807, 2.05) is 0 Å². The molecule has 2 aromatic carbocycles. The van der Waals surface area contributed by atoms with Gasteiger partial charge in [0.05, 0.1) is 12.2 Å². The van der Waals surface area contributed by atoms with Crippen LogP contribution in [0.4, 0.5) is 23.2 Å². The number of hydrogen-bond acceptors (Lipinski definition) is 2. The standard InChI is InChI=1S/C16H14F4N2O/c17-11-3-1-10(2-4-11)7-8-21-9-14(23)22-13-6-5-12(18)15(19)16(13)20/h1-6,21H,7-9H2,(H,22,23). The van der Waals surface area contributed by atoms with Gasteiger partial charge in [0.2, 0.25) is 5.91 Å². The number of carbonyl (C=O) groups excluding carboxylic acids is 1. The second-order valence-electron chi connectivity index (χ2n) is 4.82. The Morgan fingerprint density at radius 3 is 2.30 bits per heavy atom. The van der Waals surface area contributed by atoms with Gasteiger partial charge in [0.15, 0.2) is 17.5 Å². The second-order valence-corrected chi connectivity index (χ2v) is 4.82. The molecule has 2 N–H and O–H groups in total. The van der Waals surface area contributed by atoms with E-state index in [9.17, 15) is 22.4 Å². The predicted octanol–water partition coefficient (Wildman–Crippen LogP) is 3.01. The second kappa shape index (κ2) is 7.73. The van der Waals surface area contributed by atoms with Crippen LogP contribution < -0.4 is 10.6 Å². The number of amides is 1. The molecule has 0 aliphatic carbocycles. The van der Waals surface area contributed by atoms with E-state index in [2.05, 4.69) is 10.6 Å². The molecule has 0 radical (unpaired) electrons. The van der Waals surface area contributed by atoms with E-state index < -0.39 is 29.0 Å². The molecule has 0 atom stereocenters. The Hall–Kier alpha value is -2.41. The summed E-state index contributed by atoms with van der Waals surface area (Å²) in [7, 11) is 0. The van der Waals surface area contributed by atoms with Crippen LogP contribution in [0.5, 0.6) is 0 Å². The van der Waals surface area contributed by atoms with Gasteiger partial charge in [0.1, 0.15) is 5.82 Å². The Labute approximate surface area is 130 Å². The van der Waals surface area contributed by atoms with Gasteiger partial charge in [0.25, 0.3) is 0 Å². The summed E-state index contributed by atoms with van der Waals surface area (Å²) in [5.41, 5.74) is 0.472. The van der Waals surface area contributed by atoms with Gasteiger partial charge in [0, 0.05) is 0 Å². The minimum atomic E-state index is -1.63. The van der Waals surface area contributed by atoms with Gasteiger partial charge >= 0.3 is 0 Å². The molecule has 23 heavy (non-hydrogen) atoms. The van der Waals surface area contributed by atoms with Gasteiger partial charge in [-0.15, -0.1) is 0 Å². The first-order valence-corrected chi connectivity index (χ1v) is 6.86. The summed E-state index contributed by atoms with van der Waals surface area (Å²) in [6, 6.07) is 7.63. The third kappa shape index (κ3) is 4.79. The highest BCUT2D eigenvalue weighted by Gasteiger charge is 2.14. The van der Waals surface area contributed by atoms with Crippen molar-refractivity contribution in [2.75, 3.05) is 18.4 Å². The molecule has 0 unspecified atom stereocenters. The number of carbonyl (C=O) groups is 1. The number of benzene rings is 2. The molecule has 0 bridgehead atoms. The van der Waals surface area contributed by atoms with Crippen LogP contribution in [0.3, 0.4) is 0 Å². The van der Waals surface area contributed by atoms with Crippen LogP contribution in [-0.2, 0) is 11.2 Å². The molecule has 7 heteroatoms. The van der Waals surface area contributed by atoms with E-state index >= 15 is 0 Å². The highest BCUT2D eigenvalue weighted by molar-refractivity contribution is 5.92. The van der Waals surface area contributed by atoms with E-state index in [1.165, 1.54) is 12.1 Å². The van der Waals surface area contributed by atoms with Crippen molar-refractivity contribution in [3.8, 4) is 0 Å². The molecule has 0 heterocycles. The lowest BCUT2D eigenvalue weighted by Gasteiger charge is -2.08. The van der Waals surface area contributed by atoms with Gasteiger partial charge < -0.3 is 10.6 Å². The van der Waals surface area contributed by atoms with Crippen LogP contribution >= 0.6 is 0 Å². The average molecular weight is 326 g/mol. The van der Waals surface area contributed by atoms with Crippen molar-refractivity contribution < 1.29 is 22.4 Å². The zero-order chi connectivity index (χ0) is 16.8. The first kappa shape index (κ1) is 17.0. The topological polar surface area (TPSA) is 41.1 Å². The van der Waals surface area contributed by atoms with Crippen molar-refractivity contribution in [2.45, 2.75) is 6.42 Å². The number of hydrogen-bond donors (Lipinski definition) is 2. The molecular formula is C16H14F4N2O. The van der Waals surface area contributed by atoms with Crippen LogP contribution in [-0.4, -0.2) is 19.0 Å². The first-order chi connectivity index (χ1) is 11.0. The Kier molecular flexibility index (Phi) is 5.70. The van der Waals surface area contributed by atoms with Crippen molar-refractivity contribution in [1.29, 1.82) is 0 Å². The van der Waals surface area contributed by atoms with Crippen LogP contribution in [0.2, 0.25) is 0 Å². The maximum Gasteiger partial charge on any atom is 0.238 e. The minimum absolute atomic E-state index is 0.125. The molecule has 2 aromatic rings. The SMILES string of the molecule is O=C(CNCCc1ccc(F)cc1)Nc1ccc(F)c(F)c1F. The molecule has 1 amide bonds. The predicted molar refractivity (Wildman–Crippen MR) is 77.9 cm³/mol. The molecular weight excluding hydrogens is 312 g/mol. The fourth-order valence-electron chi connectivity index (χ4n) is 1.90. The molecule has 0 aliphatic rings. The molecule has 0 aliphatic heterocycles. The van der Waals surface area contributed by atoms with Crippen molar-refractivity contribution in [3.63, 3.8) is 0 Å². The number of nitrogens with one attached hydrogen (secondary N) is 2. The first-order valence-electron chi connectivity index (χ1n) is 6.86. The fraction of sp³-hybridized carbons (Fsp3) is 0.188. The lowest BCUT2D eigenvalue weighted by molar-refractivity contribution is -0.115. The van der Waals surface area contributed by atoms with Crippen LogP contribution in [0.1, 0.15) is 5.56 Å². The van der Waals surface area contributed by atoms with E-state index in [0.29, 0.717) is 13.0 Å². The van der Waals surface area contributed by atoms with Crippen molar-refractivity contribution in [1.82, 2.24) is 5.32 Å². The third-order valence-corrected chi connectivity index (χ3v) is 3.10. The van der Waals surface area contributed by atoms with Gasteiger partial charge in [-0.05, 0) is 42.8 Å². The van der Waals surface area contributed by atoms with Gasteiger partial charge in [-0.1, -0.05) is 12.1 Å². The summed E-state index contributed by atoms with van der Waals surface area (Å²) < 4.78 is 51.9. The Bertz CT molecular complexity index is 689. The van der Waals surface area contributed by atoms with Gasteiger partial charge in [-0.3, -0.25) is 4.79 Å². The summed E-state index contributed by atoms with van der Waals surface area (Å²) in [5.74, 6) is -5.31. The third-order valence-electron chi connectivity index (χ3n) is 3.10. The van der Waals surface area contributed by atoms with Crippen molar-refractivity contribution in [3.05, 3.63) is 65.2 Å². The van der Waals surface area contributed by atoms with Crippen LogP contribution in [0.15, 0.2) is 36.4 Å². The molecule has 2 rings (SSSR count). The molecule has 0 aromatic heterocycles. The maximum absolute atomic E-state index is 13.4. The summed E-state index contributed by atoms with van der Waals surface area (Å²) in [4.78, 5) is 11.6. The fourth-order valence-corrected chi connectivity index (χ4v) is 1.90. The number of rotatable bonds is 6. The number of halogens is 4. The molecule has 0 saturated carbocycles. The normalized spacial score (nSPS) is 10.6. The lowest BCUT2D eigenvalue weighted by Crippen LogP contribution is -2.29. The molecule has 0 fully saturated rings. The largest absolute Gasteiger partial charge is 0.322 e. The zero-order valence-electron chi connectivity index (χ0n) is 12.0. The summed E-state index contributed by atoms with van der Waals surface area (Å²) >= 11 is 0.